The maximum absolute atomic E-state index is 11.2. The van der Waals surface area contributed by atoms with Gasteiger partial charge in [0.15, 0.2) is 0 Å². The van der Waals surface area contributed by atoms with Crippen LogP contribution in [0.4, 0.5) is 5.82 Å². The topological polar surface area (TPSA) is 94.5 Å². The second kappa shape index (κ2) is 6.82. The third kappa shape index (κ3) is 4.01. The van der Waals surface area contributed by atoms with Gasteiger partial charge in [-0.2, -0.15) is 0 Å². The minimum Gasteiger partial charge on any atom is -0.378 e. The Kier molecular flexibility index (Phi) is 5.38. The van der Waals surface area contributed by atoms with Gasteiger partial charge in [-0.25, -0.2) is 4.98 Å². The Bertz CT molecular complexity index is 370. The molecule has 1 aromatic heterocycles. The molecule has 94 valence electrons. The Labute approximate surface area is 101 Å². The molecule has 0 atom stereocenters. The number of hydrogen-bond acceptors (Lipinski definition) is 5. The number of primary amides is 1. The SMILES string of the molecule is CN(CCOCCN)c1ncccc1C(N)=O. The smallest absolute Gasteiger partial charge is 0.252 e. The molecule has 1 aromatic rings. The average molecular weight is 238 g/mol. The maximum atomic E-state index is 11.2. The molecule has 0 saturated carbocycles. The number of ether oxygens (including phenoxy) is 1. The van der Waals surface area contributed by atoms with Crippen LogP contribution in [0.15, 0.2) is 18.3 Å². The van der Waals surface area contributed by atoms with Gasteiger partial charge in [-0.15, -0.1) is 0 Å². The van der Waals surface area contributed by atoms with Crippen molar-refractivity contribution in [3.8, 4) is 0 Å². The number of nitrogens with zero attached hydrogens (tertiary/aromatic N) is 2. The van der Waals surface area contributed by atoms with Crippen LogP contribution in [0.5, 0.6) is 0 Å². The monoisotopic (exact) mass is 238 g/mol. The number of hydrogen-bond donors (Lipinski definition) is 2. The summed E-state index contributed by atoms with van der Waals surface area (Å²) >= 11 is 0. The van der Waals surface area contributed by atoms with Gasteiger partial charge in [0.2, 0.25) is 0 Å². The Morgan fingerprint density at radius 1 is 1.53 bits per heavy atom. The highest BCUT2D eigenvalue weighted by Crippen LogP contribution is 2.14. The molecule has 6 nitrogen and oxygen atoms in total. The second-order valence-electron chi connectivity index (χ2n) is 3.56. The van der Waals surface area contributed by atoms with Gasteiger partial charge < -0.3 is 21.1 Å². The predicted molar refractivity (Wildman–Crippen MR) is 65.9 cm³/mol. The fourth-order valence-electron chi connectivity index (χ4n) is 1.39. The van der Waals surface area contributed by atoms with E-state index < -0.39 is 5.91 Å². The summed E-state index contributed by atoms with van der Waals surface area (Å²) in [6.07, 6.45) is 1.62. The summed E-state index contributed by atoms with van der Waals surface area (Å²) in [5.41, 5.74) is 11.0. The lowest BCUT2D eigenvalue weighted by Gasteiger charge is -2.19. The highest BCUT2D eigenvalue weighted by molar-refractivity contribution is 5.97. The molecule has 1 heterocycles. The van der Waals surface area contributed by atoms with Crippen LogP contribution >= 0.6 is 0 Å². The number of aromatic nitrogens is 1. The summed E-state index contributed by atoms with van der Waals surface area (Å²) in [6, 6.07) is 3.34. The molecule has 0 unspecified atom stereocenters. The lowest BCUT2D eigenvalue weighted by Crippen LogP contribution is -2.27. The van der Waals surface area contributed by atoms with Crippen molar-refractivity contribution in [1.29, 1.82) is 0 Å². The number of rotatable bonds is 7. The van der Waals surface area contributed by atoms with Crippen LogP contribution in [0.25, 0.3) is 0 Å². The van der Waals surface area contributed by atoms with Crippen molar-refractivity contribution in [3.63, 3.8) is 0 Å². The summed E-state index contributed by atoms with van der Waals surface area (Å²) in [5, 5.41) is 0. The number of carbonyl (C=O) groups is 1. The third-order valence-electron chi connectivity index (χ3n) is 2.25. The molecule has 0 radical (unpaired) electrons. The summed E-state index contributed by atoms with van der Waals surface area (Å²) in [5.74, 6) is 0.0826. The van der Waals surface area contributed by atoms with Crippen molar-refractivity contribution in [3.05, 3.63) is 23.9 Å². The van der Waals surface area contributed by atoms with E-state index in [0.29, 0.717) is 37.7 Å². The highest BCUT2D eigenvalue weighted by atomic mass is 16.5. The Balaban J connectivity index is 2.62. The number of nitrogens with two attached hydrogens (primary N) is 2. The number of amides is 1. The fraction of sp³-hybridized carbons (Fsp3) is 0.455. The Morgan fingerprint density at radius 2 is 2.29 bits per heavy atom. The molecule has 1 rings (SSSR count). The largest absolute Gasteiger partial charge is 0.378 e. The van der Waals surface area contributed by atoms with Gasteiger partial charge in [0.25, 0.3) is 5.91 Å². The van der Waals surface area contributed by atoms with E-state index in [1.54, 1.807) is 18.3 Å². The third-order valence-corrected chi connectivity index (χ3v) is 2.25. The van der Waals surface area contributed by atoms with Crippen molar-refractivity contribution in [2.24, 2.45) is 11.5 Å². The van der Waals surface area contributed by atoms with Gasteiger partial charge in [0, 0.05) is 26.3 Å². The van der Waals surface area contributed by atoms with Crippen LogP contribution in [-0.4, -0.2) is 44.2 Å². The molecule has 0 aromatic carbocycles. The number of anilines is 1. The quantitative estimate of drug-likeness (QED) is 0.630. The van der Waals surface area contributed by atoms with Crippen molar-refractivity contribution in [2.45, 2.75) is 0 Å². The van der Waals surface area contributed by atoms with Gasteiger partial charge in [-0.3, -0.25) is 4.79 Å². The van der Waals surface area contributed by atoms with Gasteiger partial charge >= 0.3 is 0 Å². The first-order valence-corrected chi connectivity index (χ1v) is 5.40. The summed E-state index contributed by atoms with van der Waals surface area (Å²) in [6.45, 7) is 2.18. The zero-order valence-electron chi connectivity index (χ0n) is 9.93. The predicted octanol–water partition coefficient (Wildman–Crippen LogP) is -0.408. The molecule has 4 N–H and O–H groups in total. The molecule has 0 fully saturated rings. The van der Waals surface area contributed by atoms with Gasteiger partial charge in [0.05, 0.1) is 18.8 Å². The van der Waals surface area contributed by atoms with Crippen molar-refractivity contribution in [2.75, 3.05) is 38.3 Å². The van der Waals surface area contributed by atoms with E-state index in [0.717, 1.165) is 0 Å². The van der Waals surface area contributed by atoms with E-state index in [9.17, 15) is 4.79 Å². The normalized spacial score (nSPS) is 10.2. The zero-order valence-corrected chi connectivity index (χ0v) is 9.93. The van der Waals surface area contributed by atoms with Crippen molar-refractivity contribution >= 4 is 11.7 Å². The standard InChI is InChI=1S/C11H18N4O2/c1-15(6-8-17-7-4-12)11-9(10(13)16)3-2-5-14-11/h2-3,5H,4,6-8,12H2,1H3,(H2,13,16). The first-order chi connectivity index (χ1) is 8.16. The van der Waals surface area contributed by atoms with E-state index in [-0.39, 0.29) is 0 Å². The number of carbonyl (C=O) groups excluding carboxylic acids is 1. The molecule has 0 spiro atoms. The number of pyridine rings is 1. The van der Waals surface area contributed by atoms with Crippen LogP contribution in [-0.2, 0) is 4.74 Å². The lowest BCUT2D eigenvalue weighted by atomic mass is 10.2. The van der Waals surface area contributed by atoms with E-state index in [1.165, 1.54) is 0 Å². The number of likely N-dealkylation sites (N-methyl/N-ethyl adjacent to an activating group) is 1. The van der Waals surface area contributed by atoms with E-state index in [2.05, 4.69) is 4.98 Å². The minimum absolute atomic E-state index is 0.411. The molecule has 0 saturated heterocycles. The molecule has 0 aliphatic carbocycles. The van der Waals surface area contributed by atoms with Crippen molar-refractivity contribution in [1.82, 2.24) is 4.98 Å². The second-order valence-corrected chi connectivity index (χ2v) is 3.56. The fourth-order valence-corrected chi connectivity index (χ4v) is 1.39. The molecule has 1 amide bonds. The van der Waals surface area contributed by atoms with Gasteiger partial charge in [-0.1, -0.05) is 0 Å². The van der Waals surface area contributed by atoms with Crippen LogP contribution in [0.1, 0.15) is 10.4 Å². The van der Waals surface area contributed by atoms with E-state index in [1.807, 2.05) is 11.9 Å². The van der Waals surface area contributed by atoms with Gasteiger partial charge in [-0.05, 0) is 12.1 Å². The Morgan fingerprint density at radius 3 is 2.94 bits per heavy atom. The molecule has 6 heteroatoms. The van der Waals surface area contributed by atoms with Crippen LogP contribution < -0.4 is 16.4 Å². The molecule has 0 aliphatic rings. The van der Waals surface area contributed by atoms with Crippen LogP contribution in [0, 0.1) is 0 Å². The van der Waals surface area contributed by atoms with Crippen LogP contribution in [0.2, 0.25) is 0 Å². The van der Waals surface area contributed by atoms with Crippen molar-refractivity contribution < 1.29 is 9.53 Å². The first-order valence-electron chi connectivity index (χ1n) is 5.40. The van der Waals surface area contributed by atoms with E-state index >= 15 is 0 Å². The van der Waals surface area contributed by atoms with E-state index in [4.69, 9.17) is 16.2 Å². The molecule has 0 bridgehead atoms. The molecule has 0 aliphatic heterocycles. The maximum Gasteiger partial charge on any atom is 0.252 e. The van der Waals surface area contributed by atoms with Crippen LogP contribution in [0.3, 0.4) is 0 Å². The summed E-state index contributed by atoms with van der Waals surface area (Å²) in [7, 11) is 1.83. The Hall–Kier alpha value is -1.66. The minimum atomic E-state index is -0.483. The molecular formula is C11H18N4O2. The first kappa shape index (κ1) is 13.4. The highest BCUT2D eigenvalue weighted by Gasteiger charge is 2.12. The lowest BCUT2D eigenvalue weighted by molar-refractivity contribution is 0.1000. The van der Waals surface area contributed by atoms with Gasteiger partial charge in [0.1, 0.15) is 5.82 Å². The average Bonchev–Trinajstić information content (AvgIpc) is 2.34. The summed E-state index contributed by atoms with van der Waals surface area (Å²) in [4.78, 5) is 17.2. The molecular weight excluding hydrogens is 220 g/mol. The summed E-state index contributed by atoms with van der Waals surface area (Å²) < 4.78 is 5.26. The molecule has 17 heavy (non-hydrogen) atoms. The zero-order chi connectivity index (χ0) is 12.7.